The number of guanidine groups is 2. The lowest BCUT2D eigenvalue weighted by molar-refractivity contribution is -0.193. The first-order valence-electron chi connectivity index (χ1n) is 11.6. The Morgan fingerprint density at radius 1 is 0.721 bits per heavy atom. The molecule has 2 heterocycles. The molecule has 0 saturated heterocycles. The number of hydrogen-bond donors (Lipinski definition) is 7. The normalized spacial score (nSPS) is 13.9. The summed E-state index contributed by atoms with van der Waals surface area (Å²) in [6.07, 6.45) is -10.2. The predicted molar refractivity (Wildman–Crippen MR) is 136 cm³/mol. The van der Waals surface area contributed by atoms with Crippen molar-refractivity contribution in [1.82, 2.24) is 10.6 Å². The molecule has 4 rings (SSSR count). The van der Waals surface area contributed by atoms with Crippen LogP contribution in [0.15, 0.2) is 46.4 Å². The maximum absolute atomic E-state index is 14.4. The third kappa shape index (κ3) is 11.3. The minimum Gasteiger partial charge on any atom is -0.475 e. The van der Waals surface area contributed by atoms with Gasteiger partial charge in [0.25, 0.3) is 5.91 Å². The highest BCUT2D eigenvalue weighted by molar-refractivity contribution is 6.05. The monoisotopic (exact) mass is 627 g/mol. The summed E-state index contributed by atoms with van der Waals surface area (Å²) in [5.74, 6) is -6.31. The third-order valence-electron chi connectivity index (χ3n) is 4.80. The fourth-order valence-electron chi connectivity index (χ4n) is 2.87. The Hall–Kier alpha value is -5.17. The highest BCUT2D eigenvalue weighted by Gasteiger charge is 2.38. The van der Waals surface area contributed by atoms with Gasteiger partial charge in [-0.25, -0.2) is 18.4 Å². The van der Waals surface area contributed by atoms with Crippen LogP contribution in [-0.2, 0) is 9.59 Å². The Labute approximate surface area is 235 Å². The Morgan fingerprint density at radius 3 is 1.60 bits per heavy atom. The summed E-state index contributed by atoms with van der Waals surface area (Å²) in [6.45, 7) is 2.70. The molecule has 1 amide bonds. The lowest BCUT2D eigenvalue weighted by atomic mass is 10.1. The van der Waals surface area contributed by atoms with E-state index in [1.165, 1.54) is 24.3 Å². The molecule has 0 saturated carbocycles. The minimum atomic E-state index is -5.08. The molecule has 2 aromatic rings. The van der Waals surface area contributed by atoms with Crippen LogP contribution in [0.5, 0.6) is 0 Å². The number of nitrogens with zero attached hydrogens (tertiary/aromatic N) is 2. The van der Waals surface area contributed by atoms with Gasteiger partial charge < -0.3 is 36.8 Å². The van der Waals surface area contributed by atoms with Crippen LogP contribution in [0.1, 0.15) is 10.4 Å². The van der Waals surface area contributed by atoms with E-state index in [9.17, 15) is 39.9 Å². The predicted octanol–water partition coefficient (Wildman–Crippen LogP) is 3.23. The Kier molecular flexibility index (Phi) is 11.6. The van der Waals surface area contributed by atoms with Gasteiger partial charge in [-0.3, -0.25) is 14.8 Å². The molecule has 0 aliphatic carbocycles. The van der Waals surface area contributed by atoms with Crippen molar-refractivity contribution in [2.24, 2.45) is 9.98 Å². The molecule has 0 atom stereocenters. The summed E-state index contributed by atoms with van der Waals surface area (Å²) < 4.78 is 92.1. The molecule has 0 fully saturated rings. The molecule has 234 valence electrons. The van der Waals surface area contributed by atoms with Crippen molar-refractivity contribution in [1.29, 1.82) is 0 Å². The van der Waals surface area contributed by atoms with Crippen molar-refractivity contribution in [3.8, 4) is 0 Å². The van der Waals surface area contributed by atoms with Gasteiger partial charge >= 0.3 is 24.3 Å². The lowest BCUT2D eigenvalue weighted by Gasteiger charge is -2.11. The Morgan fingerprint density at radius 2 is 1.19 bits per heavy atom. The summed E-state index contributed by atoms with van der Waals surface area (Å²) >= 11 is 0. The molecular formula is C23H21F8N7O5. The van der Waals surface area contributed by atoms with Crippen molar-refractivity contribution < 1.29 is 59.7 Å². The Bertz CT molecular complexity index is 1370. The van der Waals surface area contributed by atoms with Gasteiger partial charge in [0.05, 0.1) is 24.5 Å². The number of rotatable bonds is 4. The Balaban J connectivity index is 0.000000384. The number of aliphatic carboxylic acids is 2. The van der Waals surface area contributed by atoms with Crippen LogP contribution in [0.4, 0.5) is 52.2 Å². The topological polar surface area (TPSA) is 177 Å². The van der Waals surface area contributed by atoms with E-state index in [0.29, 0.717) is 37.2 Å². The second-order valence-electron chi connectivity index (χ2n) is 8.01. The van der Waals surface area contributed by atoms with E-state index in [1.807, 2.05) is 0 Å². The third-order valence-corrected chi connectivity index (χ3v) is 4.80. The molecule has 2 aliphatic rings. The van der Waals surface area contributed by atoms with E-state index < -0.39 is 41.8 Å². The summed E-state index contributed by atoms with van der Waals surface area (Å²) in [5.41, 5.74) is 0.757. The molecule has 12 nitrogen and oxygen atoms in total. The number of amides is 1. The van der Waals surface area contributed by atoms with Gasteiger partial charge in [0, 0.05) is 24.3 Å². The van der Waals surface area contributed by atoms with Gasteiger partial charge in [-0.2, -0.15) is 26.3 Å². The summed E-state index contributed by atoms with van der Waals surface area (Å²) in [7, 11) is 0. The smallest absolute Gasteiger partial charge is 0.475 e. The number of nitrogens with one attached hydrogen (secondary N) is 5. The molecule has 43 heavy (non-hydrogen) atoms. The van der Waals surface area contributed by atoms with Gasteiger partial charge in [-0.15, -0.1) is 0 Å². The average molecular weight is 627 g/mol. The quantitative estimate of drug-likeness (QED) is 0.251. The minimum absolute atomic E-state index is 0.00556. The molecule has 0 bridgehead atoms. The molecule has 0 radical (unpaired) electrons. The second-order valence-corrected chi connectivity index (χ2v) is 8.01. The molecular weight excluding hydrogens is 606 g/mol. The van der Waals surface area contributed by atoms with Crippen LogP contribution in [0.25, 0.3) is 0 Å². The largest absolute Gasteiger partial charge is 0.490 e. The van der Waals surface area contributed by atoms with Gasteiger partial charge in [0.15, 0.2) is 11.9 Å². The molecule has 20 heteroatoms. The number of halogens is 8. The number of aliphatic imine (C=N–C) groups is 2. The highest BCUT2D eigenvalue weighted by atomic mass is 19.4. The van der Waals surface area contributed by atoms with E-state index in [1.54, 1.807) is 6.07 Å². The van der Waals surface area contributed by atoms with Crippen molar-refractivity contribution in [3.63, 3.8) is 0 Å². The second kappa shape index (κ2) is 14.6. The molecule has 0 spiro atoms. The van der Waals surface area contributed by atoms with E-state index in [2.05, 4.69) is 36.6 Å². The van der Waals surface area contributed by atoms with Crippen LogP contribution in [0.3, 0.4) is 0 Å². The SMILES string of the molecule is O=C(Nc1ccc(NC2=NCCN2)cc1F)c1ccc(NC2=NCCN2)c(F)c1.O=C(O)C(F)(F)F.O=C(O)C(F)(F)F. The van der Waals surface area contributed by atoms with E-state index in [-0.39, 0.29) is 16.9 Å². The fraction of sp³-hybridized carbons (Fsp3) is 0.261. The maximum Gasteiger partial charge on any atom is 0.490 e. The zero-order valence-corrected chi connectivity index (χ0v) is 21.3. The standard InChI is InChI=1S/C19H19F2N7O.2C2HF3O2/c20-13-9-11(1-3-16(13)28-19-24-7-8-25-19)17(29)27-15-4-2-12(10-14(15)21)26-18-22-5-6-23-18;2*3-2(4,5)1(6)7/h1-4,9-10H,5-8H2,(H,27,29)(H2,22,23,26)(H2,24,25,28);2*(H,6,7). The van der Waals surface area contributed by atoms with Crippen LogP contribution in [0.2, 0.25) is 0 Å². The average Bonchev–Trinajstić information content (AvgIpc) is 3.61. The number of carbonyl (C=O) groups is 3. The van der Waals surface area contributed by atoms with Gasteiger partial charge in [0.2, 0.25) is 0 Å². The molecule has 0 unspecified atom stereocenters. The molecule has 0 aromatic heterocycles. The van der Waals surface area contributed by atoms with Crippen molar-refractivity contribution in [2.45, 2.75) is 12.4 Å². The molecule has 2 aromatic carbocycles. The first-order valence-corrected chi connectivity index (χ1v) is 11.6. The number of carboxylic acid groups (broad SMARTS) is 2. The summed E-state index contributed by atoms with van der Waals surface area (Å²) in [6, 6.07) is 8.27. The number of benzene rings is 2. The number of alkyl halides is 6. The van der Waals surface area contributed by atoms with Crippen molar-refractivity contribution in [2.75, 3.05) is 42.1 Å². The zero-order valence-electron chi connectivity index (χ0n) is 21.3. The van der Waals surface area contributed by atoms with E-state index >= 15 is 0 Å². The maximum atomic E-state index is 14.4. The van der Waals surface area contributed by atoms with Crippen molar-refractivity contribution in [3.05, 3.63) is 53.6 Å². The lowest BCUT2D eigenvalue weighted by Crippen LogP contribution is -2.26. The van der Waals surface area contributed by atoms with E-state index in [0.717, 1.165) is 12.6 Å². The summed E-state index contributed by atoms with van der Waals surface area (Å²) in [5, 5.41) is 28.5. The number of anilines is 3. The highest BCUT2D eigenvalue weighted by Crippen LogP contribution is 2.22. The first-order chi connectivity index (χ1) is 20.0. The van der Waals surface area contributed by atoms with Crippen LogP contribution in [-0.4, -0.2) is 78.5 Å². The van der Waals surface area contributed by atoms with Gasteiger partial charge in [-0.05, 0) is 36.4 Å². The summed E-state index contributed by atoms with van der Waals surface area (Å²) in [4.78, 5) is 38.5. The van der Waals surface area contributed by atoms with Crippen LogP contribution >= 0.6 is 0 Å². The number of carboxylic acids is 2. The number of carbonyl (C=O) groups excluding carboxylic acids is 1. The van der Waals surface area contributed by atoms with Gasteiger partial charge in [0.1, 0.15) is 11.6 Å². The van der Waals surface area contributed by atoms with Gasteiger partial charge in [-0.1, -0.05) is 0 Å². The zero-order chi connectivity index (χ0) is 32.4. The number of hydrogen-bond acceptors (Lipinski definition) is 9. The fourth-order valence-corrected chi connectivity index (χ4v) is 2.87. The van der Waals surface area contributed by atoms with Crippen LogP contribution in [0, 0.1) is 11.6 Å². The van der Waals surface area contributed by atoms with Crippen molar-refractivity contribution >= 4 is 46.8 Å². The first kappa shape index (κ1) is 34.0. The van der Waals surface area contributed by atoms with Crippen LogP contribution < -0.4 is 26.6 Å². The molecule has 2 aliphatic heterocycles. The van der Waals surface area contributed by atoms with E-state index in [4.69, 9.17) is 19.8 Å². The molecule has 7 N–H and O–H groups in total.